The van der Waals surface area contributed by atoms with E-state index in [-0.39, 0.29) is 30.9 Å². The van der Waals surface area contributed by atoms with Gasteiger partial charge in [-0.2, -0.15) is 0 Å². The van der Waals surface area contributed by atoms with Crippen LogP contribution in [0.2, 0.25) is 0 Å². The van der Waals surface area contributed by atoms with E-state index >= 15 is 0 Å². The first kappa shape index (κ1) is 30.4. The van der Waals surface area contributed by atoms with Gasteiger partial charge in [-0.1, -0.05) is 24.3 Å². The van der Waals surface area contributed by atoms with Crippen molar-refractivity contribution in [1.82, 2.24) is 20.3 Å². The third-order valence-corrected chi connectivity index (χ3v) is 7.72. The van der Waals surface area contributed by atoms with E-state index in [9.17, 15) is 19.5 Å². The fourth-order valence-electron chi connectivity index (χ4n) is 5.35. The SMILES string of the molecule is COC(=O)CCCCN1C(=O)[C@@](O)([C@@H](C)/C=C/CCn2cc(CCO)nn2)c2cc(NC(=O)[C@H]3CCCN3)ccc21. The molecule has 41 heavy (non-hydrogen) atoms. The Labute approximate surface area is 239 Å². The Bertz CT molecular complexity index is 1260. The van der Waals surface area contributed by atoms with Gasteiger partial charge in [-0.25, -0.2) is 0 Å². The molecule has 0 aliphatic carbocycles. The van der Waals surface area contributed by atoms with Gasteiger partial charge >= 0.3 is 5.97 Å². The second-order valence-electron chi connectivity index (χ2n) is 10.6. The van der Waals surface area contributed by atoms with Gasteiger partial charge in [-0.15, -0.1) is 5.10 Å². The summed E-state index contributed by atoms with van der Waals surface area (Å²) in [6, 6.07) is 4.93. The van der Waals surface area contributed by atoms with Crippen LogP contribution in [0.3, 0.4) is 0 Å². The summed E-state index contributed by atoms with van der Waals surface area (Å²) in [5.74, 6) is -1.45. The van der Waals surface area contributed by atoms with Gasteiger partial charge in [0.25, 0.3) is 5.91 Å². The van der Waals surface area contributed by atoms with E-state index in [0.717, 1.165) is 19.4 Å². The van der Waals surface area contributed by atoms with E-state index in [2.05, 4.69) is 20.9 Å². The number of aryl methyl sites for hydroxylation is 1. The van der Waals surface area contributed by atoms with Crippen molar-refractivity contribution in [2.75, 3.05) is 37.0 Å². The number of methoxy groups -OCH3 is 1. The van der Waals surface area contributed by atoms with Crippen LogP contribution in [0.25, 0.3) is 0 Å². The summed E-state index contributed by atoms with van der Waals surface area (Å²) in [5.41, 5.74) is 0.427. The number of anilines is 2. The first-order chi connectivity index (χ1) is 19.8. The normalized spacial score (nSPS) is 20.9. The van der Waals surface area contributed by atoms with Crippen LogP contribution in [0.1, 0.15) is 56.7 Å². The van der Waals surface area contributed by atoms with E-state index in [0.29, 0.717) is 61.4 Å². The number of allylic oxidation sites excluding steroid dienone is 1. The van der Waals surface area contributed by atoms with Crippen molar-refractivity contribution < 1.29 is 29.3 Å². The molecule has 0 radical (unpaired) electrons. The average Bonchev–Trinajstić information content (AvgIpc) is 3.71. The number of nitrogens with zero attached hydrogens (tertiary/aromatic N) is 4. The van der Waals surface area contributed by atoms with Gasteiger partial charge in [-0.3, -0.25) is 19.1 Å². The van der Waals surface area contributed by atoms with Crippen LogP contribution in [-0.2, 0) is 37.7 Å². The van der Waals surface area contributed by atoms with Crippen molar-refractivity contribution in [2.45, 2.75) is 70.1 Å². The van der Waals surface area contributed by atoms with E-state index in [1.807, 2.05) is 12.2 Å². The molecule has 2 aliphatic rings. The first-order valence-electron chi connectivity index (χ1n) is 14.2. The molecule has 0 bridgehead atoms. The number of carbonyl (C=O) groups is 3. The summed E-state index contributed by atoms with van der Waals surface area (Å²) < 4.78 is 6.40. The number of nitrogens with one attached hydrogen (secondary N) is 2. The zero-order valence-electron chi connectivity index (χ0n) is 23.7. The Morgan fingerprint density at radius 2 is 2.15 bits per heavy atom. The summed E-state index contributed by atoms with van der Waals surface area (Å²) in [6.45, 7) is 3.49. The van der Waals surface area contributed by atoms with Crippen LogP contribution < -0.4 is 15.5 Å². The quantitative estimate of drug-likeness (QED) is 0.151. The number of benzene rings is 1. The van der Waals surface area contributed by atoms with Gasteiger partial charge in [0.1, 0.15) is 0 Å². The Morgan fingerprint density at radius 1 is 1.32 bits per heavy atom. The minimum atomic E-state index is -1.83. The van der Waals surface area contributed by atoms with E-state index in [4.69, 9.17) is 9.84 Å². The van der Waals surface area contributed by atoms with Crippen LogP contribution in [-0.4, -0.2) is 75.8 Å². The van der Waals surface area contributed by atoms with Crippen molar-refractivity contribution in [3.63, 3.8) is 0 Å². The molecule has 0 spiro atoms. The summed E-state index contributed by atoms with van der Waals surface area (Å²) >= 11 is 0. The zero-order chi connectivity index (χ0) is 29.4. The molecule has 3 atom stereocenters. The fraction of sp³-hybridized carbons (Fsp3) is 0.552. The highest BCUT2D eigenvalue weighted by molar-refractivity contribution is 6.08. The molecule has 2 aromatic rings. The number of aromatic nitrogens is 3. The van der Waals surface area contributed by atoms with Crippen molar-refractivity contribution in [1.29, 1.82) is 0 Å². The molecule has 0 unspecified atom stereocenters. The number of aliphatic hydroxyl groups is 2. The predicted molar refractivity (Wildman–Crippen MR) is 152 cm³/mol. The molecular formula is C29H40N6O6. The number of amides is 2. The zero-order valence-corrected chi connectivity index (χ0v) is 23.7. The Balaban J connectivity index is 1.51. The summed E-state index contributed by atoms with van der Waals surface area (Å²) in [6.07, 6.45) is 9.61. The van der Waals surface area contributed by atoms with Crippen molar-refractivity contribution in [2.24, 2.45) is 5.92 Å². The van der Waals surface area contributed by atoms with Crippen molar-refractivity contribution in [3.05, 3.63) is 47.8 Å². The maximum atomic E-state index is 13.8. The first-order valence-corrected chi connectivity index (χ1v) is 14.2. The number of aliphatic hydroxyl groups excluding tert-OH is 1. The number of carbonyl (C=O) groups excluding carboxylic acids is 3. The monoisotopic (exact) mass is 568 g/mol. The maximum absolute atomic E-state index is 13.8. The second-order valence-corrected chi connectivity index (χ2v) is 10.6. The average molecular weight is 569 g/mol. The number of fused-ring (bicyclic) bond motifs is 1. The van der Waals surface area contributed by atoms with E-state index < -0.39 is 17.4 Å². The van der Waals surface area contributed by atoms with Crippen LogP contribution in [0, 0.1) is 5.92 Å². The van der Waals surface area contributed by atoms with Crippen LogP contribution >= 0.6 is 0 Å². The maximum Gasteiger partial charge on any atom is 0.305 e. The van der Waals surface area contributed by atoms with Gasteiger partial charge in [0.15, 0.2) is 5.60 Å². The summed E-state index contributed by atoms with van der Waals surface area (Å²) in [7, 11) is 1.34. The predicted octanol–water partition coefficient (Wildman–Crippen LogP) is 1.66. The van der Waals surface area contributed by atoms with Gasteiger partial charge in [0.05, 0.1) is 24.5 Å². The molecule has 4 rings (SSSR count). The largest absolute Gasteiger partial charge is 0.469 e. The van der Waals surface area contributed by atoms with Gasteiger partial charge in [0.2, 0.25) is 5.91 Å². The molecule has 1 saturated heterocycles. The fourth-order valence-corrected chi connectivity index (χ4v) is 5.35. The van der Waals surface area contributed by atoms with Gasteiger partial charge in [-0.05, 0) is 56.8 Å². The van der Waals surface area contributed by atoms with Crippen LogP contribution in [0.4, 0.5) is 11.4 Å². The molecule has 1 aromatic heterocycles. The second kappa shape index (κ2) is 13.8. The third-order valence-electron chi connectivity index (χ3n) is 7.72. The molecule has 12 heteroatoms. The Kier molecular flexibility index (Phi) is 10.2. The molecule has 0 saturated carbocycles. The number of esters is 1. The van der Waals surface area contributed by atoms with Crippen molar-refractivity contribution >= 4 is 29.2 Å². The van der Waals surface area contributed by atoms with Crippen LogP contribution in [0.15, 0.2) is 36.5 Å². The highest BCUT2D eigenvalue weighted by Crippen LogP contribution is 2.46. The van der Waals surface area contributed by atoms with E-state index in [1.54, 1.807) is 40.9 Å². The molecule has 3 heterocycles. The molecular weight excluding hydrogens is 528 g/mol. The molecule has 2 aliphatic heterocycles. The molecule has 1 fully saturated rings. The molecule has 222 valence electrons. The minimum Gasteiger partial charge on any atom is -0.469 e. The lowest BCUT2D eigenvalue weighted by Gasteiger charge is -2.28. The standard InChI is InChI=1S/C29H40N6O6/c1-20(8-3-5-15-34-19-22(13-17-36)32-33-34)29(40)23-18-21(31-27(38)24-9-7-14-30-24)11-12-25(23)35(28(29)39)16-6-4-10-26(37)41-2/h3,8,11-12,18-20,24,30,36,40H,4-7,9-10,13-17H2,1-2H3,(H,31,38)/b8-3+/t20-,24+,29+/m0/s1. The summed E-state index contributed by atoms with van der Waals surface area (Å²) in [4.78, 5) is 39.6. The number of rotatable bonds is 14. The highest BCUT2D eigenvalue weighted by Gasteiger charge is 2.52. The topological polar surface area (TPSA) is 159 Å². The molecule has 2 amide bonds. The summed E-state index contributed by atoms with van der Waals surface area (Å²) in [5, 5.41) is 35.2. The van der Waals surface area contributed by atoms with Gasteiger partial charge in [0, 0.05) is 55.9 Å². The number of unbranched alkanes of at least 4 members (excludes halogenated alkanes) is 1. The number of ether oxygens (including phenoxy) is 1. The lowest BCUT2D eigenvalue weighted by Crippen LogP contribution is -2.44. The molecule has 1 aromatic carbocycles. The number of hydrogen-bond acceptors (Lipinski definition) is 9. The third kappa shape index (κ3) is 7.00. The minimum absolute atomic E-state index is 0.00928. The van der Waals surface area contributed by atoms with Crippen molar-refractivity contribution in [3.8, 4) is 0 Å². The number of hydrogen-bond donors (Lipinski definition) is 4. The van der Waals surface area contributed by atoms with Gasteiger partial charge < -0.3 is 30.5 Å². The van der Waals surface area contributed by atoms with E-state index in [1.165, 1.54) is 7.11 Å². The van der Waals surface area contributed by atoms with Crippen LogP contribution in [0.5, 0.6) is 0 Å². The lowest BCUT2D eigenvalue weighted by atomic mass is 9.82. The smallest absolute Gasteiger partial charge is 0.305 e. The highest BCUT2D eigenvalue weighted by atomic mass is 16.5. The molecule has 12 nitrogen and oxygen atoms in total. The lowest BCUT2D eigenvalue weighted by molar-refractivity contribution is -0.140. The molecule has 4 N–H and O–H groups in total. The Hall–Kier alpha value is -3.61. The Morgan fingerprint density at radius 3 is 2.88 bits per heavy atom.